The van der Waals surface area contributed by atoms with E-state index in [2.05, 4.69) is 0 Å². The summed E-state index contributed by atoms with van der Waals surface area (Å²) in [4.78, 5) is 0.366. The summed E-state index contributed by atoms with van der Waals surface area (Å²) in [5.41, 5.74) is 0. The molecule has 0 atom stereocenters. The molecule has 0 bridgehead atoms. The molecule has 0 saturated carbocycles. The Morgan fingerprint density at radius 3 is 2.00 bits per heavy atom. The van der Waals surface area contributed by atoms with Crippen LogP contribution in [0.15, 0.2) is 58.3 Å². The number of nitrogens with zero attached hydrogens (tertiary/aromatic N) is 1. The lowest BCUT2D eigenvalue weighted by Gasteiger charge is -2.31. The van der Waals surface area contributed by atoms with Crippen LogP contribution in [0.2, 0.25) is 0 Å². The Hall–Kier alpha value is -2.10. The van der Waals surface area contributed by atoms with Gasteiger partial charge in [-0.25, -0.2) is 16.8 Å². The summed E-state index contributed by atoms with van der Waals surface area (Å²) in [6, 6.07) is 12.7. The molecule has 0 aliphatic carbocycles. The van der Waals surface area contributed by atoms with Gasteiger partial charge in [0.05, 0.1) is 29.3 Å². The van der Waals surface area contributed by atoms with E-state index in [1.807, 2.05) is 0 Å². The average Bonchev–Trinajstić information content (AvgIpc) is 2.73. The summed E-state index contributed by atoms with van der Waals surface area (Å²) in [7, 11) is -4.31. The minimum Gasteiger partial charge on any atom is -0.493 e. The number of ether oxygens (including phenoxy) is 2. The molecule has 1 aliphatic rings. The van der Waals surface area contributed by atoms with E-state index in [-0.39, 0.29) is 35.7 Å². The predicted molar refractivity (Wildman–Crippen MR) is 105 cm³/mol. The smallest absolute Gasteiger partial charge is 0.243 e. The predicted octanol–water partition coefficient (Wildman–Crippen LogP) is 2.33. The monoisotopic (exact) mass is 425 g/mol. The van der Waals surface area contributed by atoms with Gasteiger partial charge < -0.3 is 9.47 Å². The van der Waals surface area contributed by atoms with Gasteiger partial charge in [-0.15, -0.1) is 0 Å². The molecule has 28 heavy (non-hydrogen) atoms. The zero-order chi connectivity index (χ0) is 20.4. The highest BCUT2D eigenvalue weighted by Gasteiger charge is 2.35. The zero-order valence-corrected chi connectivity index (χ0v) is 17.4. The maximum absolute atomic E-state index is 13.0. The van der Waals surface area contributed by atoms with Gasteiger partial charge in [0.1, 0.15) is 0 Å². The first kappa shape index (κ1) is 20.6. The van der Waals surface area contributed by atoms with Crippen molar-refractivity contribution in [1.29, 1.82) is 0 Å². The van der Waals surface area contributed by atoms with Crippen LogP contribution in [0.1, 0.15) is 12.8 Å². The minimum absolute atomic E-state index is 0.0921. The Morgan fingerprint density at radius 1 is 0.821 bits per heavy atom. The molecule has 0 N–H and O–H groups in total. The summed E-state index contributed by atoms with van der Waals surface area (Å²) in [6.07, 6.45) is 0.507. The third-order valence-electron chi connectivity index (χ3n) is 4.90. The fraction of sp³-hybridized carbons (Fsp3) is 0.368. The number of hydrogen-bond acceptors (Lipinski definition) is 6. The van der Waals surface area contributed by atoms with Crippen LogP contribution in [0.5, 0.6) is 11.5 Å². The Morgan fingerprint density at radius 2 is 1.43 bits per heavy atom. The van der Waals surface area contributed by atoms with Gasteiger partial charge in [0.2, 0.25) is 10.0 Å². The molecule has 1 fully saturated rings. The van der Waals surface area contributed by atoms with Gasteiger partial charge in [0.15, 0.2) is 21.3 Å². The Balaban J connectivity index is 1.77. The van der Waals surface area contributed by atoms with Crippen molar-refractivity contribution in [2.75, 3.05) is 27.3 Å². The second-order valence-electron chi connectivity index (χ2n) is 6.48. The topological polar surface area (TPSA) is 90.0 Å². The molecule has 2 aromatic rings. The van der Waals surface area contributed by atoms with Crippen LogP contribution in [-0.4, -0.2) is 53.7 Å². The van der Waals surface area contributed by atoms with Gasteiger partial charge in [-0.05, 0) is 37.1 Å². The summed E-state index contributed by atoms with van der Waals surface area (Å²) in [6.45, 7) is 0.292. The number of hydrogen-bond donors (Lipinski definition) is 0. The summed E-state index contributed by atoms with van der Waals surface area (Å²) < 4.78 is 63.1. The largest absolute Gasteiger partial charge is 0.493 e. The first-order valence-corrected chi connectivity index (χ1v) is 11.8. The molecular weight excluding hydrogens is 402 g/mol. The highest BCUT2D eigenvalue weighted by atomic mass is 32.2. The summed E-state index contributed by atoms with van der Waals surface area (Å²) in [5, 5.41) is -0.591. The Bertz CT molecular complexity index is 1030. The van der Waals surface area contributed by atoms with Crippen LogP contribution in [0.25, 0.3) is 0 Å². The first-order chi connectivity index (χ1) is 13.3. The lowest BCUT2D eigenvalue weighted by molar-refractivity contribution is 0.343. The maximum atomic E-state index is 13.0. The maximum Gasteiger partial charge on any atom is 0.243 e. The molecule has 9 heteroatoms. The van der Waals surface area contributed by atoms with Gasteiger partial charge in [-0.3, -0.25) is 0 Å². The van der Waals surface area contributed by atoms with Crippen molar-refractivity contribution < 1.29 is 26.3 Å². The normalized spacial score (nSPS) is 16.6. The van der Waals surface area contributed by atoms with Gasteiger partial charge in [-0.2, -0.15) is 4.31 Å². The number of piperidine rings is 1. The Labute approximate surface area is 165 Å². The molecule has 1 saturated heterocycles. The fourth-order valence-corrected chi connectivity index (χ4v) is 6.55. The molecule has 0 spiro atoms. The van der Waals surface area contributed by atoms with Crippen LogP contribution in [0.4, 0.5) is 0 Å². The van der Waals surface area contributed by atoms with E-state index in [1.54, 1.807) is 36.4 Å². The first-order valence-electron chi connectivity index (χ1n) is 8.82. The molecule has 152 valence electrons. The van der Waals surface area contributed by atoms with Gasteiger partial charge in [-0.1, -0.05) is 18.2 Å². The third kappa shape index (κ3) is 3.87. The van der Waals surface area contributed by atoms with Gasteiger partial charge in [0.25, 0.3) is 0 Å². The van der Waals surface area contributed by atoms with Crippen LogP contribution in [-0.2, 0) is 19.9 Å². The van der Waals surface area contributed by atoms with Crippen molar-refractivity contribution in [3.05, 3.63) is 48.5 Å². The number of rotatable bonds is 6. The minimum atomic E-state index is -3.75. The standard InChI is InChI=1S/C19H23NO6S2/c1-25-18-9-8-17(14-19(18)26-2)28(23,24)20-12-10-16(11-13-20)27(21,22)15-6-4-3-5-7-15/h3-9,14,16H,10-13H2,1-2H3. The van der Waals surface area contributed by atoms with Crippen molar-refractivity contribution in [3.63, 3.8) is 0 Å². The van der Waals surface area contributed by atoms with Crippen molar-refractivity contribution in [3.8, 4) is 11.5 Å². The van der Waals surface area contributed by atoms with E-state index in [1.165, 1.54) is 30.7 Å². The Kier molecular flexibility index (Phi) is 5.97. The SMILES string of the molecule is COc1ccc(S(=O)(=O)N2CCC(S(=O)(=O)c3ccccc3)CC2)cc1OC. The summed E-state index contributed by atoms with van der Waals surface area (Å²) >= 11 is 0. The van der Waals surface area contributed by atoms with E-state index in [0.29, 0.717) is 11.5 Å². The number of methoxy groups -OCH3 is 2. The number of benzene rings is 2. The van der Waals surface area contributed by atoms with Crippen LogP contribution >= 0.6 is 0 Å². The summed E-state index contributed by atoms with van der Waals surface area (Å²) in [5.74, 6) is 0.763. The molecule has 1 heterocycles. The fourth-order valence-electron chi connectivity index (χ4n) is 3.31. The quantitative estimate of drug-likeness (QED) is 0.706. The number of sulfonamides is 1. The van der Waals surface area contributed by atoms with Crippen molar-refractivity contribution in [2.24, 2.45) is 0 Å². The molecule has 0 aromatic heterocycles. The van der Waals surface area contributed by atoms with E-state index < -0.39 is 25.1 Å². The highest BCUT2D eigenvalue weighted by Crippen LogP contribution is 2.32. The molecule has 0 unspecified atom stereocenters. The highest BCUT2D eigenvalue weighted by molar-refractivity contribution is 7.92. The number of sulfone groups is 1. The third-order valence-corrected chi connectivity index (χ3v) is 9.08. The van der Waals surface area contributed by atoms with Crippen molar-refractivity contribution in [2.45, 2.75) is 27.9 Å². The zero-order valence-electron chi connectivity index (χ0n) is 15.7. The molecule has 7 nitrogen and oxygen atoms in total. The average molecular weight is 426 g/mol. The molecule has 1 aliphatic heterocycles. The molecular formula is C19H23NO6S2. The lowest BCUT2D eigenvalue weighted by atomic mass is 10.2. The van der Waals surface area contributed by atoms with E-state index >= 15 is 0 Å². The molecule has 0 radical (unpaired) electrons. The van der Waals surface area contributed by atoms with E-state index in [4.69, 9.17) is 9.47 Å². The second kappa shape index (κ2) is 8.10. The van der Waals surface area contributed by atoms with Crippen LogP contribution < -0.4 is 9.47 Å². The van der Waals surface area contributed by atoms with Crippen molar-refractivity contribution >= 4 is 19.9 Å². The van der Waals surface area contributed by atoms with Crippen molar-refractivity contribution in [1.82, 2.24) is 4.31 Å². The second-order valence-corrected chi connectivity index (χ2v) is 10.6. The molecule has 3 rings (SSSR count). The lowest BCUT2D eigenvalue weighted by Crippen LogP contribution is -2.42. The van der Waals surface area contributed by atoms with E-state index in [9.17, 15) is 16.8 Å². The van der Waals surface area contributed by atoms with Gasteiger partial charge in [0, 0.05) is 19.2 Å². The van der Waals surface area contributed by atoms with E-state index in [0.717, 1.165) is 0 Å². The van der Waals surface area contributed by atoms with Crippen LogP contribution in [0, 0.1) is 0 Å². The molecule has 2 aromatic carbocycles. The molecule has 0 amide bonds. The van der Waals surface area contributed by atoms with Gasteiger partial charge >= 0.3 is 0 Å². The van der Waals surface area contributed by atoms with Crippen LogP contribution in [0.3, 0.4) is 0 Å².